The van der Waals surface area contributed by atoms with Gasteiger partial charge in [0.05, 0.1) is 27.6 Å². The van der Waals surface area contributed by atoms with Crippen molar-refractivity contribution in [2.75, 3.05) is 23.3 Å². The molecule has 192 valence electrons. The number of ether oxygens (including phenoxy) is 1. The van der Waals surface area contributed by atoms with E-state index in [1.165, 1.54) is 22.7 Å². The maximum atomic E-state index is 13.0. The van der Waals surface area contributed by atoms with E-state index in [1.54, 1.807) is 72.8 Å². The molecule has 0 saturated carbocycles. The molecule has 0 saturated heterocycles. The summed E-state index contributed by atoms with van der Waals surface area (Å²) < 4.78 is 34.2. The Hall–Kier alpha value is -3.21. The van der Waals surface area contributed by atoms with E-state index in [0.29, 0.717) is 28.4 Å². The van der Waals surface area contributed by atoms with Gasteiger partial charge in [-0.05, 0) is 84.6 Å². The summed E-state index contributed by atoms with van der Waals surface area (Å²) in [7, 11) is -2.24. The standard InChI is InChI=1S/C27H25BrN2O5S2/c1-3-4-15-35-27(32)18-5-9-21(10-6-18)29-26(31)25-17-19-16-22(11-14-24(19)36-25)30(2)37(33,34)23-12-7-20(28)8-13-23/h5-14,16-17H,3-4,15H2,1-2H3,(H,29,31). The average Bonchev–Trinajstić information content (AvgIpc) is 3.33. The van der Waals surface area contributed by atoms with Crippen LogP contribution in [0.2, 0.25) is 0 Å². The minimum absolute atomic E-state index is 0.184. The molecule has 1 N–H and O–H groups in total. The summed E-state index contributed by atoms with van der Waals surface area (Å²) in [6, 6.07) is 20.0. The van der Waals surface area contributed by atoms with Gasteiger partial charge in [0.15, 0.2) is 0 Å². The minimum atomic E-state index is -3.74. The molecule has 0 aliphatic rings. The zero-order valence-electron chi connectivity index (χ0n) is 20.2. The summed E-state index contributed by atoms with van der Waals surface area (Å²) in [6.07, 6.45) is 1.76. The van der Waals surface area contributed by atoms with Crippen LogP contribution >= 0.6 is 27.3 Å². The third-order valence-corrected chi connectivity index (χ3v) is 9.11. The number of esters is 1. The number of nitrogens with one attached hydrogen (secondary N) is 1. The number of carbonyl (C=O) groups excluding carboxylic acids is 2. The van der Waals surface area contributed by atoms with Crippen LogP contribution in [0.15, 0.2) is 82.2 Å². The van der Waals surface area contributed by atoms with Crippen molar-refractivity contribution in [2.24, 2.45) is 0 Å². The van der Waals surface area contributed by atoms with E-state index in [1.807, 2.05) is 6.92 Å². The highest BCUT2D eigenvalue weighted by Gasteiger charge is 2.22. The number of benzene rings is 3. The van der Waals surface area contributed by atoms with Gasteiger partial charge >= 0.3 is 5.97 Å². The van der Waals surface area contributed by atoms with Gasteiger partial charge < -0.3 is 10.1 Å². The molecule has 0 unspecified atom stereocenters. The van der Waals surface area contributed by atoms with Gasteiger partial charge in [0.1, 0.15) is 0 Å². The fourth-order valence-corrected chi connectivity index (χ4v) is 5.91. The number of unbranched alkanes of at least 4 members (excludes halogenated alkanes) is 1. The lowest BCUT2D eigenvalue weighted by atomic mass is 10.2. The van der Waals surface area contributed by atoms with E-state index in [2.05, 4.69) is 21.2 Å². The van der Waals surface area contributed by atoms with Crippen LogP contribution in [0.4, 0.5) is 11.4 Å². The van der Waals surface area contributed by atoms with E-state index >= 15 is 0 Å². The summed E-state index contributed by atoms with van der Waals surface area (Å²) in [5.74, 6) is -0.685. The van der Waals surface area contributed by atoms with Crippen molar-refractivity contribution in [1.29, 1.82) is 0 Å². The predicted molar refractivity (Wildman–Crippen MR) is 151 cm³/mol. The molecule has 1 heterocycles. The third kappa shape index (κ3) is 6.20. The van der Waals surface area contributed by atoms with Crippen molar-refractivity contribution in [3.8, 4) is 0 Å². The Morgan fingerprint density at radius 1 is 1.00 bits per heavy atom. The molecule has 37 heavy (non-hydrogen) atoms. The van der Waals surface area contributed by atoms with E-state index in [0.717, 1.165) is 27.4 Å². The van der Waals surface area contributed by atoms with Crippen molar-refractivity contribution in [3.63, 3.8) is 0 Å². The molecular formula is C27H25BrN2O5S2. The molecule has 0 aliphatic heterocycles. The summed E-state index contributed by atoms with van der Waals surface area (Å²) in [5.41, 5.74) is 1.46. The van der Waals surface area contributed by atoms with E-state index in [-0.39, 0.29) is 10.8 Å². The summed E-state index contributed by atoms with van der Waals surface area (Å²) >= 11 is 4.63. The molecule has 1 amide bonds. The Bertz CT molecular complexity index is 1530. The van der Waals surface area contributed by atoms with Gasteiger partial charge in [-0.15, -0.1) is 11.3 Å². The lowest BCUT2D eigenvalue weighted by Crippen LogP contribution is -2.26. The number of sulfonamides is 1. The van der Waals surface area contributed by atoms with Gasteiger partial charge in [0, 0.05) is 21.9 Å². The molecule has 0 atom stereocenters. The number of hydrogen-bond donors (Lipinski definition) is 1. The monoisotopic (exact) mass is 600 g/mol. The topological polar surface area (TPSA) is 92.8 Å². The Morgan fingerprint density at radius 3 is 2.38 bits per heavy atom. The van der Waals surface area contributed by atoms with Crippen molar-refractivity contribution in [3.05, 3.63) is 87.7 Å². The molecule has 0 spiro atoms. The van der Waals surface area contributed by atoms with Crippen molar-refractivity contribution < 1.29 is 22.7 Å². The van der Waals surface area contributed by atoms with Crippen LogP contribution in [0.3, 0.4) is 0 Å². The third-order valence-electron chi connectivity index (χ3n) is 5.67. The number of amides is 1. The predicted octanol–water partition coefficient (Wildman–Crippen LogP) is 6.70. The highest BCUT2D eigenvalue weighted by Crippen LogP contribution is 2.32. The smallest absolute Gasteiger partial charge is 0.338 e. The second-order valence-electron chi connectivity index (χ2n) is 8.28. The molecule has 4 aromatic rings. The number of rotatable bonds is 9. The SMILES string of the molecule is CCCCOC(=O)c1ccc(NC(=O)c2cc3cc(N(C)S(=O)(=O)c4ccc(Br)cc4)ccc3s2)cc1. The number of thiophene rings is 1. The summed E-state index contributed by atoms with van der Waals surface area (Å²) in [4.78, 5) is 25.6. The fourth-order valence-electron chi connectivity index (χ4n) is 3.52. The van der Waals surface area contributed by atoms with Crippen molar-refractivity contribution in [1.82, 2.24) is 0 Å². The molecular weight excluding hydrogens is 576 g/mol. The van der Waals surface area contributed by atoms with Crippen LogP contribution in [0, 0.1) is 0 Å². The molecule has 4 rings (SSSR count). The molecule has 0 fully saturated rings. The van der Waals surface area contributed by atoms with Gasteiger partial charge in [-0.1, -0.05) is 29.3 Å². The summed E-state index contributed by atoms with van der Waals surface area (Å²) in [6.45, 7) is 2.41. The number of halogens is 1. The zero-order valence-corrected chi connectivity index (χ0v) is 23.5. The number of anilines is 2. The lowest BCUT2D eigenvalue weighted by Gasteiger charge is -2.19. The second-order valence-corrected chi connectivity index (χ2v) is 12.2. The maximum Gasteiger partial charge on any atom is 0.338 e. The van der Waals surface area contributed by atoms with Gasteiger partial charge in [-0.3, -0.25) is 9.10 Å². The van der Waals surface area contributed by atoms with Gasteiger partial charge in [-0.2, -0.15) is 0 Å². The number of hydrogen-bond acceptors (Lipinski definition) is 6. The Labute approximate surface area is 228 Å². The van der Waals surface area contributed by atoms with Crippen LogP contribution in [0.1, 0.15) is 39.8 Å². The number of fused-ring (bicyclic) bond motifs is 1. The Morgan fingerprint density at radius 2 is 1.70 bits per heavy atom. The first-order chi connectivity index (χ1) is 17.7. The maximum absolute atomic E-state index is 13.0. The first-order valence-electron chi connectivity index (χ1n) is 11.6. The zero-order chi connectivity index (χ0) is 26.6. The molecule has 3 aromatic carbocycles. The molecule has 0 radical (unpaired) electrons. The largest absolute Gasteiger partial charge is 0.462 e. The van der Waals surface area contributed by atoms with Crippen LogP contribution in [0.5, 0.6) is 0 Å². The highest BCUT2D eigenvalue weighted by atomic mass is 79.9. The van der Waals surface area contributed by atoms with E-state index < -0.39 is 16.0 Å². The first-order valence-corrected chi connectivity index (χ1v) is 14.6. The molecule has 7 nitrogen and oxygen atoms in total. The number of nitrogens with zero attached hydrogens (tertiary/aromatic N) is 1. The molecule has 0 aliphatic carbocycles. The van der Waals surface area contributed by atoms with Crippen LogP contribution in [-0.2, 0) is 14.8 Å². The van der Waals surface area contributed by atoms with Gasteiger partial charge in [0.25, 0.3) is 15.9 Å². The van der Waals surface area contributed by atoms with Gasteiger partial charge in [0.2, 0.25) is 0 Å². The molecule has 1 aromatic heterocycles. The highest BCUT2D eigenvalue weighted by molar-refractivity contribution is 9.10. The van der Waals surface area contributed by atoms with E-state index in [9.17, 15) is 18.0 Å². The second kappa shape index (κ2) is 11.5. The first kappa shape index (κ1) is 26.8. The minimum Gasteiger partial charge on any atom is -0.462 e. The van der Waals surface area contributed by atoms with Crippen molar-refractivity contribution >= 4 is 70.6 Å². The summed E-state index contributed by atoms with van der Waals surface area (Å²) in [5, 5.41) is 3.59. The van der Waals surface area contributed by atoms with Crippen molar-refractivity contribution in [2.45, 2.75) is 24.7 Å². The normalized spacial score (nSPS) is 11.3. The number of carbonyl (C=O) groups is 2. The van der Waals surface area contributed by atoms with Crippen LogP contribution in [0.25, 0.3) is 10.1 Å². The quantitative estimate of drug-likeness (QED) is 0.170. The lowest BCUT2D eigenvalue weighted by molar-refractivity contribution is 0.0499. The average molecular weight is 602 g/mol. The van der Waals surface area contributed by atoms with Crippen LogP contribution < -0.4 is 9.62 Å². The molecule has 10 heteroatoms. The fraction of sp³-hybridized carbons (Fsp3) is 0.185. The molecule has 0 bridgehead atoms. The van der Waals surface area contributed by atoms with Gasteiger partial charge in [-0.25, -0.2) is 13.2 Å². The van der Waals surface area contributed by atoms with E-state index in [4.69, 9.17) is 4.74 Å². The Kier molecular flexibility index (Phi) is 8.31. The van der Waals surface area contributed by atoms with Crippen LogP contribution in [-0.4, -0.2) is 33.9 Å². The Balaban J connectivity index is 1.47.